The zero-order valence-corrected chi connectivity index (χ0v) is 16.3. The van der Waals surface area contributed by atoms with Crippen molar-refractivity contribution in [2.24, 2.45) is 11.8 Å². The van der Waals surface area contributed by atoms with Crippen LogP contribution in [0.15, 0.2) is 60.7 Å². The molecule has 0 spiro atoms. The zero-order valence-electron chi connectivity index (χ0n) is 16.3. The smallest absolute Gasteiger partial charge is 0.269 e. The first-order chi connectivity index (χ1) is 14.9. The number of hydrazine groups is 2. The van der Waals surface area contributed by atoms with E-state index in [4.69, 9.17) is 0 Å². The van der Waals surface area contributed by atoms with Crippen LogP contribution in [0, 0.1) is 17.7 Å². The first-order valence-electron chi connectivity index (χ1n) is 9.70. The molecule has 0 bridgehead atoms. The summed E-state index contributed by atoms with van der Waals surface area (Å²) in [6.45, 7) is 0. The summed E-state index contributed by atoms with van der Waals surface area (Å²) in [6.07, 6.45) is 4.80. The summed E-state index contributed by atoms with van der Waals surface area (Å²) in [7, 11) is 0. The molecule has 1 saturated heterocycles. The number of carbonyl (C=O) groups is 4. The summed E-state index contributed by atoms with van der Waals surface area (Å²) in [4.78, 5) is 49.8. The minimum absolute atomic E-state index is 0.171. The summed E-state index contributed by atoms with van der Waals surface area (Å²) < 4.78 is 13.0. The molecule has 9 heteroatoms. The Bertz CT molecular complexity index is 1080. The fourth-order valence-electron chi connectivity index (χ4n) is 3.63. The number of nitrogens with zero attached hydrogens (tertiary/aromatic N) is 1. The van der Waals surface area contributed by atoms with Gasteiger partial charge in [0.1, 0.15) is 5.82 Å². The molecular formula is C22H19FN4O4. The van der Waals surface area contributed by atoms with Gasteiger partial charge in [0.2, 0.25) is 11.8 Å². The van der Waals surface area contributed by atoms with Crippen molar-refractivity contribution in [3.63, 3.8) is 0 Å². The highest BCUT2D eigenvalue weighted by Crippen LogP contribution is 2.32. The first kappa shape index (κ1) is 20.3. The van der Waals surface area contributed by atoms with E-state index < -0.39 is 23.5 Å². The molecule has 3 N–H and O–H groups in total. The molecule has 2 unspecified atom stereocenters. The highest BCUT2D eigenvalue weighted by Gasteiger charge is 2.42. The van der Waals surface area contributed by atoms with Gasteiger partial charge in [-0.25, -0.2) is 9.40 Å². The van der Waals surface area contributed by atoms with Gasteiger partial charge < -0.3 is 0 Å². The molecule has 2 aromatic carbocycles. The number of allylic oxidation sites excluding steroid dienone is 2. The average molecular weight is 422 g/mol. The van der Waals surface area contributed by atoms with Crippen LogP contribution >= 0.6 is 0 Å². The maximum Gasteiger partial charge on any atom is 0.269 e. The number of fused-ring (bicyclic) bond motifs is 1. The number of benzene rings is 2. The number of rotatable bonds is 3. The van der Waals surface area contributed by atoms with E-state index in [-0.39, 0.29) is 28.9 Å². The Hall–Kier alpha value is -4.01. The molecule has 1 aliphatic carbocycles. The van der Waals surface area contributed by atoms with Gasteiger partial charge in [0, 0.05) is 11.1 Å². The van der Waals surface area contributed by atoms with Crippen LogP contribution < -0.4 is 21.3 Å². The van der Waals surface area contributed by atoms with Crippen molar-refractivity contribution in [2.45, 2.75) is 12.8 Å². The maximum atomic E-state index is 13.0. The Balaban J connectivity index is 1.45. The molecule has 0 saturated carbocycles. The number of hydrogen-bond acceptors (Lipinski definition) is 4. The second-order valence-corrected chi connectivity index (χ2v) is 7.27. The highest BCUT2D eigenvalue weighted by atomic mass is 19.1. The van der Waals surface area contributed by atoms with Gasteiger partial charge in [0.15, 0.2) is 0 Å². The Labute approximate surface area is 177 Å². The van der Waals surface area contributed by atoms with Crippen LogP contribution in [0.25, 0.3) is 0 Å². The third-order valence-electron chi connectivity index (χ3n) is 5.29. The summed E-state index contributed by atoms with van der Waals surface area (Å²) in [5.74, 6) is -3.02. The monoisotopic (exact) mass is 422 g/mol. The number of amides is 4. The van der Waals surface area contributed by atoms with Crippen molar-refractivity contribution >= 4 is 29.3 Å². The van der Waals surface area contributed by atoms with Crippen molar-refractivity contribution in [3.05, 3.63) is 77.6 Å². The Kier molecular flexibility index (Phi) is 5.48. The van der Waals surface area contributed by atoms with Gasteiger partial charge in [-0.3, -0.25) is 35.5 Å². The lowest BCUT2D eigenvalue weighted by Gasteiger charge is -2.38. The Morgan fingerprint density at radius 1 is 0.903 bits per heavy atom. The molecule has 158 valence electrons. The minimum atomic E-state index is -0.619. The second-order valence-electron chi connectivity index (χ2n) is 7.27. The van der Waals surface area contributed by atoms with E-state index in [1.807, 2.05) is 12.2 Å². The fraction of sp³-hybridized carbons (Fsp3) is 0.182. The third-order valence-corrected chi connectivity index (χ3v) is 5.29. The summed E-state index contributed by atoms with van der Waals surface area (Å²) >= 11 is 0. The van der Waals surface area contributed by atoms with Gasteiger partial charge in [-0.15, -0.1) is 0 Å². The quantitative estimate of drug-likeness (QED) is 0.518. The molecule has 2 aliphatic rings. The summed E-state index contributed by atoms with van der Waals surface area (Å²) in [5, 5.41) is 1.16. The predicted octanol–water partition coefficient (Wildman–Crippen LogP) is 1.86. The van der Waals surface area contributed by atoms with Gasteiger partial charge >= 0.3 is 0 Å². The van der Waals surface area contributed by atoms with Crippen LogP contribution in [0.4, 0.5) is 10.1 Å². The van der Waals surface area contributed by atoms with E-state index >= 15 is 0 Å². The Morgan fingerprint density at radius 2 is 1.55 bits per heavy atom. The second kappa shape index (κ2) is 8.39. The van der Waals surface area contributed by atoms with Gasteiger partial charge in [-0.1, -0.05) is 18.2 Å². The Morgan fingerprint density at radius 3 is 2.26 bits per heavy atom. The lowest BCUT2D eigenvalue weighted by molar-refractivity contribution is -0.139. The number of hydrogen-bond donors (Lipinski definition) is 3. The highest BCUT2D eigenvalue weighted by molar-refractivity contribution is 6.05. The van der Waals surface area contributed by atoms with Gasteiger partial charge in [-0.05, 0) is 55.3 Å². The molecule has 0 radical (unpaired) electrons. The van der Waals surface area contributed by atoms with Crippen molar-refractivity contribution in [1.29, 1.82) is 0 Å². The standard InChI is InChI=1S/C22H19FN4O4/c23-15-10-8-13(9-11-15)19(28)24-25-20(29)14-4-3-5-16(12-14)27-22(31)18-7-2-1-6-17(18)21(30)26-27/h1-5,8-12,17-18H,6-7H2,(H,24,28)(H,25,29)(H,26,30). The number of nitrogens with one attached hydrogen (secondary N) is 3. The average Bonchev–Trinajstić information content (AvgIpc) is 2.80. The fourth-order valence-corrected chi connectivity index (χ4v) is 3.63. The summed E-state index contributed by atoms with van der Waals surface area (Å²) in [5.41, 5.74) is 7.81. The SMILES string of the molecule is O=C(NNC(=O)c1cccc(N2NC(=O)C3CC=CCC3C2=O)c1)c1ccc(F)cc1. The third kappa shape index (κ3) is 4.16. The zero-order chi connectivity index (χ0) is 22.0. The van der Waals surface area contributed by atoms with E-state index in [9.17, 15) is 23.6 Å². The molecule has 1 aliphatic heterocycles. The van der Waals surface area contributed by atoms with E-state index in [1.54, 1.807) is 12.1 Å². The number of carbonyl (C=O) groups excluding carboxylic acids is 4. The van der Waals surface area contributed by atoms with Crippen LogP contribution in [0.5, 0.6) is 0 Å². The van der Waals surface area contributed by atoms with Gasteiger partial charge in [-0.2, -0.15) is 0 Å². The van der Waals surface area contributed by atoms with Gasteiger partial charge in [0.25, 0.3) is 11.8 Å². The van der Waals surface area contributed by atoms with Gasteiger partial charge in [0.05, 0.1) is 17.5 Å². The molecule has 4 amide bonds. The van der Waals surface area contributed by atoms with Crippen LogP contribution in [-0.2, 0) is 9.59 Å². The normalized spacial score (nSPS) is 20.0. The number of halogens is 1. The molecule has 1 fully saturated rings. The summed E-state index contributed by atoms with van der Waals surface area (Å²) in [6, 6.07) is 11.0. The van der Waals surface area contributed by atoms with Crippen LogP contribution in [0.1, 0.15) is 33.6 Å². The minimum Gasteiger partial charge on any atom is -0.273 e. The van der Waals surface area contributed by atoms with Crippen LogP contribution in [0.3, 0.4) is 0 Å². The van der Waals surface area contributed by atoms with Crippen molar-refractivity contribution in [2.75, 3.05) is 5.01 Å². The van der Waals surface area contributed by atoms with Crippen molar-refractivity contribution < 1.29 is 23.6 Å². The molecule has 0 aromatic heterocycles. The van der Waals surface area contributed by atoms with E-state index in [0.717, 1.165) is 17.1 Å². The number of anilines is 1. The van der Waals surface area contributed by atoms with E-state index in [1.165, 1.54) is 24.3 Å². The first-order valence-corrected chi connectivity index (χ1v) is 9.70. The maximum absolute atomic E-state index is 13.0. The molecule has 2 aromatic rings. The predicted molar refractivity (Wildman–Crippen MR) is 109 cm³/mol. The lowest BCUT2D eigenvalue weighted by Crippen LogP contribution is -2.59. The molecule has 1 heterocycles. The van der Waals surface area contributed by atoms with Crippen molar-refractivity contribution in [3.8, 4) is 0 Å². The molecule has 31 heavy (non-hydrogen) atoms. The molecular weight excluding hydrogens is 403 g/mol. The molecule has 2 atom stereocenters. The van der Waals surface area contributed by atoms with Crippen LogP contribution in [0.2, 0.25) is 0 Å². The molecule has 4 rings (SSSR count). The van der Waals surface area contributed by atoms with E-state index in [0.29, 0.717) is 18.5 Å². The molecule has 8 nitrogen and oxygen atoms in total. The topological polar surface area (TPSA) is 108 Å². The lowest BCUT2D eigenvalue weighted by atomic mass is 9.80. The van der Waals surface area contributed by atoms with Crippen molar-refractivity contribution in [1.82, 2.24) is 16.3 Å². The van der Waals surface area contributed by atoms with E-state index in [2.05, 4.69) is 16.3 Å². The largest absolute Gasteiger partial charge is 0.273 e. The van der Waals surface area contributed by atoms with Crippen LogP contribution in [-0.4, -0.2) is 23.6 Å².